The van der Waals surface area contributed by atoms with Gasteiger partial charge in [0.15, 0.2) is 4.90 Å². The fraction of sp³-hybridized carbons (Fsp3) is 0.100. The number of halogens is 1. The summed E-state index contributed by atoms with van der Waals surface area (Å²) in [6.07, 6.45) is 0. The molecular formula is C10H8BrN3O5S. The van der Waals surface area contributed by atoms with Crippen LogP contribution in [0, 0.1) is 17.0 Å². The van der Waals surface area contributed by atoms with Crippen LogP contribution in [-0.2, 0) is 10.0 Å². The molecule has 0 radical (unpaired) electrons. The van der Waals surface area contributed by atoms with Crippen molar-refractivity contribution in [3.8, 4) is 0 Å². The molecule has 1 N–H and O–H groups in total. The smallest absolute Gasteiger partial charge is 0.289 e. The second-order valence-electron chi connectivity index (χ2n) is 3.81. The number of aryl methyl sites for hydroxylation is 1. The first-order chi connectivity index (χ1) is 9.29. The second-order valence-corrected chi connectivity index (χ2v) is 6.37. The molecule has 0 aliphatic rings. The summed E-state index contributed by atoms with van der Waals surface area (Å²) < 4.78 is 31.6. The van der Waals surface area contributed by atoms with E-state index in [1.54, 1.807) is 6.92 Å². The Hall–Kier alpha value is -1.94. The van der Waals surface area contributed by atoms with Crippen LogP contribution in [0.2, 0.25) is 0 Å². The molecule has 0 unspecified atom stereocenters. The highest BCUT2D eigenvalue weighted by Gasteiger charge is 2.27. The lowest BCUT2D eigenvalue weighted by molar-refractivity contribution is -0.387. The molecule has 0 aliphatic carbocycles. The summed E-state index contributed by atoms with van der Waals surface area (Å²) in [5, 5.41) is 14.4. The topological polar surface area (TPSA) is 115 Å². The van der Waals surface area contributed by atoms with Crippen LogP contribution in [0.1, 0.15) is 5.69 Å². The van der Waals surface area contributed by atoms with Gasteiger partial charge in [-0.25, -0.2) is 13.1 Å². The van der Waals surface area contributed by atoms with Crippen molar-refractivity contribution in [2.45, 2.75) is 11.8 Å². The van der Waals surface area contributed by atoms with Gasteiger partial charge in [0, 0.05) is 16.6 Å². The van der Waals surface area contributed by atoms with Crippen LogP contribution in [0.5, 0.6) is 0 Å². The summed E-state index contributed by atoms with van der Waals surface area (Å²) in [7, 11) is -4.15. The lowest BCUT2D eigenvalue weighted by atomic mass is 10.3. The molecule has 1 heterocycles. The zero-order chi connectivity index (χ0) is 14.9. The quantitative estimate of drug-likeness (QED) is 0.660. The summed E-state index contributed by atoms with van der Waals surface area (Å²) in [4.78, 5) is 9.66. The molecule has 20 heavy (non-hydrogen) atoms. The minimum absolute atomic E-state index is 0.114. The zero-order valence-corrected chi connectivity index (χ0v) is 12.4. The monoisotopic (exact) mass is 361 g/mol. The molecular weight excluding hydrogens is 354 g/mol. The van der Waals surface area contributed by atoms with Crippen molar-refractivity contribution in [2.75, 3.05) is 4.72 Å². The largest absolute Gasteiger partial charge is 0.338 e. The Morgan fingerprint density at radius 1 is 1.40 bits per heavy atom. The molecule has 10 heteroatoms. The van der Waals surface area contributed by atoms with Gasteiger partial charge < -0.3 is 4.52 Å². The number of hydrogen-bond acceptors (Lipinski definition) is 6. The number of nitro groups is 1. The fourth-order valence-electron chi connectivity index (χ4n) is 1.45. The fourth-order valence-corrected chi connectivity index (χ4v) is 3.14. The predicted molar refractivity (Wildman–Crippen MR) is 72.8 cm³/mol. The summed E-state index contributed by atoms with van der Waals surface area (Å²) >= 11 is 3.08. The Labute approximate surface area is 122 Å². The van der Waals surface area contributed by atoms with Gasteiger partial charge in [-0.2, -0.15) is 0 Å². The molecule has 0 saturated heterocycles. The SMILES string of the molecule is Cc1cc(NS(=O)(=O)c2cc(Br)ccc2[N+](=O)[O-])on1. The van der Waals surface area contributed by atoms with Gasteiger partial charge in [0.1, 0.15) is 0 Å². The van der Waals surface area contributed by atoms with E-state index in [2.05, 4.69) is 25.8 Å². The van der Waals surface area contributed by atoms with Crippen molar-refractivity contribution < 1.29 is 17.9 Å². The van der Waals surface area contributed by atoms with Crippen LogP contribution in [0.4, 0.5) is 11.6 Å². The second kappa shape index (κ2) is 5.21. The minimum atomic E-state index is -4.15. The number of rotatable bonds is 4. The van der Waals surface area contributed by atoms with Gasteiger partial charge in [0.25, 0.3) is 15.7 Å². The average Bonchev–Trinajstić information content (AvgIpc) is 2.73. The molecule has 106 valence electrons. The van der Waals surface area contributed by atoms with E-state index in [4.69, 9.17) is 4.52 Å². The Morgan fingerprint density at radius 2 is 2.10 bits per heavy atom. The molecule has 1 aromatic carbocycles. The summed E-state index contributed by atoms with van der Waals surface area (Å²) in [6.45, 7) is 1.61. The molecule has 0 aliphatic heterocycles. The van der Waals surface area contributed by atoms with Gasteiger partial charge in [-0.3, -0.25) is 10.1 Å². The number of hydrogen-bond donors (Lipinski definition) is 1. The first-order valence-corrected chi connectivity index (χ1v) is 7.47. The summed E-state index contributed by atoms with van der Waals surface area (Å²) in [5.41, 5.74) is -0.0524. The molecule has 1 aromatic heterocycles. The highest BCUT2D eigenvalue weighted by Crippen LogP contribution is 2.28. The third-order valence-electron chi connectivity index (χ3n) is 2.27. The van der Waals surface area contributed by atoms with Crippen LogP contribution in [0.15, 0.2) is 38.2 Å². The van der Waals surface area contributed by atoms with E-state index in [1.807, 2.05) is 0 Å². The molecule has 0 fully saturated rings. The van der Waals surface area contributed by atoms with Crippen molar-refractivity contribution >= 4 is 37.5 Å². The highest BCUT2D eigenvalue weighted by atomic mass is 79.9. The van der Waals surface area contributed by atoms with Crippen molar-refractivity contribution in [3.63, 3.8) is 0 Å². The molecule has 2 aromatic rings. The lowest BCUT2D eigenvalue weighted by Gasteiger charge is -2.05. The van der Waals surface area contributed by atoms with E-state index >= 15 is 0 Å². The molecule has 0 bridgehead atoms. The standard InChI is InChI=1S/C10H8BrN3O5S/c1-6-4-10(19-12-6)13-20(17,18)9-5-7(11)2-3-8(9)14(15)16/h2-5,13H,1H3. The van der Waals surface area contributed by atoms with Gasteiger partial charge in [0.05, 0.1) is 10.6 Å². The van der Waals surface area contributed by atoms with E-state index in [0.717, 1.165) is 12.1 Å². The molecule has 0 spiro atoms. The molecule has 2 rings (SSSR count). The summed E-state index contributed by atoms with van der Waals surface area (Å²) in [6, 6.07) is 4.99. The highest BCUT2D eigenvalue weighted by molar-refractivity contribution is 9.10. The Morgan fingerprint density at radius 3 is 2.65 bits per heavy atom. The van der Waals surface area contributed by atoms with Crippen LogP contribution in [0.3, 0.4) is 0 Å². The van der Waals surface area contributed by atoms with Gasteiger partial charge in [-0.05, 0) is 19.1 Å². The number of sulfonamides is 1. The normalized spacial score (nSPS) is 11.3. The molecule has 0 amide bonds. The number of nitrogens with one attached hydrogen (secondary N) is 1. The average molecular weight is 362 g/mol. The van der Waals surface area contributed by atoms with Gasteiger partial charge in [-0.1, -0.05) is 21.1 Å². The zero-order valence-electron chi connectivity index (χ0n) is 10.0. The van der Waals surface area contributed by atoms with Crippen LogP contribution >= 0.6 is 15.9 Å². The Balaban J connectivity index is 2.48. The minimum Gasteiger partial charge on any atom is -0.338 e. The first-order valence-electron chi connectivity index (χ1n) is 5.20. The number of anilines is 1. The number of benzene rings is 1. The molecule has 8 nitrogen and oxygen atoms in total. The van der Waals surface area contributed by atoms with Crippen molar-refractivity contribution in [2.24, 2.45) is 0 Å². The van der Waals surface area contributed by atoms with E-state index in [0.29, 0.717) is 10.2 Å². The first kappa shape index (κ1) is 14.5. The number of aromatic nitrogens is 1. The number of nitro benzene ring substituents is 1. The van der Waals surface area contributed by atoms with E-state index in [1.165, 1.54) is 12.1 Å². The van der Waals surface area contributed by atoms with E-state index < -0.39 is 25.5 Å². The third kappa shape index (κ3) is 2.96. The predicted octanol–water partition coefficient (Wildman–Crippen LogP) is 2.45. The van der Waals surface area contributed by atoms with Crippen molar-refractivity contribution in [1.29, 1.82) is 0 Å². The maximum atomic E-state index is 12.2. The van der Waals surface area contributed by atoms with Crippen LogP contribution in [0.25, 0.3) is 0 Å². The van der Waals surface area contributed by atoms with Crippen LogP contribution in [-0.4, -0.2) is 18.5 Å². The molecule has 0 saturated carbocycles. The van der Waals surface area contributed by atoms with Crippen molar-refractivity contribution in [3.05, 3.63) is 44.5 Å². The third-order valence-corrected chi connectivity index (χ3v) is 4.14. The van der Waals surface area contributed by atoms with Crippen molar-refractivity contribution in [1.82, 2.24) is 5.16 Å². The Kier molecular flexibility index (Phi) is 3.77. The maximum absolute atomic E-state index is 12.2. The molecule has 0 atom stereocenters. The van der Waals surface area contributed by atoms with Crippen LogP contribution < -0.4 is 4.72 Å². The maximum Gasteiger partial charge on any atom is 0.289 e. The summed E-state index contributed by atoms with van der Waals surface area (Å²) in [5.74, 6) is -0.114. The van der Waals surface area contributed by atoms with Gasteiger partial charge in [0.2, 0.25) is 5.88 Å². The van der Waals surface area contributed by atoms with Gasteiger partial charge in [-0.15, -0.1) is 0 Å². The number of nitrogens with zero attached hydrogens (tertiary/aromatic N) is 2. The van der Waals surface area contributed by atoms with E-state index in [-0.39, 0.29) is 5.88 Å². The van der Waals surface area contributed by atoms with Gasteiger partial charge >= 0.3 is 0 Å². The lowest BCUT2D eigenvalue weighted by Crippen LogP contribution is -2.14. The van der Waals surface area contributed by atoms with E-state index in [9.17, 15) is 18.5 Å². The Bertz CT molecular complexity index is 771.